The molecule has 1 aliphatic rings. The smallest absolute Gasteiger partial charge is 0.216 e. The monoisotopic (exact) mass is 391 g/mol. The van der Waals surface area contributed by atoms with E-state index in [-0.39, 0.29) is 17.4 Å². The van der Waals surface area contributed by atoms with Gasteiger partial charge in [0.2, 0.25) is 5.91 Å². The number of allylic oxidation sites excluding steroid dienone is 1. The van der Waals surface area contributed by atoms with E-state index in [1.165, 1.54) is 22.3 Å². The summed E-state index contributed by atoms with van der Waals surface area (Å²) >= 11 is 0. The SMILES string of the molecule is CCc1cccc(-c2cc(OC3C=CCC(C)(C)C3)ccc2CCNC(C)=O)c1. The van der Waals surface area contributed by atoms with E-state index in [2.05, 4.69) is 80.7 Å². The molecule has 0 fully saturated rings. The average Bonchev–Trinajstić information content (AvgIpc) is 2.68. The number of benzene rings is 2. The maximum atomic E-state index is 11.3. The molecule has 1 atom stereocenters. The van der Waals surface area contributed by atoms with Crippen LogP contribution in [0.4, 0.5) is 0 Å². The van der Waals surface area contributed by atoms with Gasteiger partial charge in [0.25, 0.3) is 0 Å². The van der Waals surface area contributed by atoms with Crippen LogP contribution < -0.4 is 10.1 Å². The first kappa shape index (κ1) is 21.2. The fraction of sp³-hybridized carbons (Fsp3) is 0.423. The van der Waals surface area contributed by atoms with Crippen LogP contribution >= 0.6 is 0 Å². The number of carbonyl (C=O) groups excluding carboxylic acids is 1. The zero-order valence-electron chi connectivity index (χ0n) is 18.1. The van der Waals surface area contributed by atoms with Crippen molar-refractivity contribution in [2.75, 3.05) is 6.54 Å². The Morgan fingerprint density at radius 1 is 1.21 bits per heavy atom. The molecule has 0 aromatic heterocycles. The maximum Gasteiger partial charge on any atom is 0.216 e. The zero-order chi connectivity index (χ0) is 20.9. The van der Waals surface area contributed by atoms with E-state index >= 15 is 0 Å². The minimum absolute atomic E-state index is 0.00573. The van der Waals surface area contributed by atoms with E-state index in [0.717, 1.165) is 31.4 Å². The van der Waals surface area contributed by atoms with E-state index in [9.17, 15) is 4.79 Å². The molecular weight excluding hydrogens is 358 g/mol. The molecule has 1 N–H and O–H groups in total. The largest absolute Gasteiger partial charge is 0.486 e. The summed E-state index contributed by atoms with van der Waals surface area (Å²) in [4.78, 5) is 11.3. The summed E-state index contributed by atoms with van der Waals surface area (Å²) in [6, 6.07) is 15.1. The van der Waals surface area contributed by atoms with Gasteiger partial charge in [-0.2, -0.15) is 0 Å². The van der Waals surface area contributed by atoms with Gasteiger partial charge in [-0.25, -0.2) is 0 Å². The average molecular weight is 392 g/mol. The Balaban J connectivity index is 1.88. The van der Waals surface area contributed by atoms with Crippen molar-refractivity contribution >= 4 is 5.91 Å². The van der Waals surface area contributed by atoms with E-state index < -0.39 is 0 Å². The Morgan fingerprint density at radius 3 is 2.76 bits per heavy atom. The summed E-state index contributed by atoms with van der Waals surface area (Å²) in [7, 11) is 0. The molecule has 1 unspecified atom stereocenters. The molecule has 1 amide bonds. The van der Waals surface area contributed by atoms with Gasteiger partial charge < -0.3 is 10.1 Å². The Bertz CT molecular complexity index is 882. The molecule has 1 aliphatic carbocycles. The molecule has 3 rings (SSSR count). The number of carbonyl (C=O) groups is 1. The first-order chi connectivity index (χ1) is 13.9. The van der Waals surface area contributed by atoms with E-state index in [4.69, 9.17) is 4.74 Å². The van der Waals surface area contributed by atoms with Crippen LogP contribution in [-0.4, -0.2) is 18.6 Å². The summed E-state index contributed by atoms with van der Waals surface area (Å²) in [5.74, 6) is 0.906. The topological polar surface area (TPSA) is 38.3 Å². The van der Waals surface area contributed by atoms with Crippen LogP contribution in [0.15, 0.2) is 54.6 Å². The van der Waals surface area contributed by atoms with Gasteiger partial charge in [-0.15, -0.1) is 0 Å². The second kappa shape index (κ2) is 9.30. The minimum Gasteiger partial charge on any atom is -0.486 e. The number of ether oxygens (including phenoxy) is 1. The van der Waals surface area contributed by atoms with Crippen molar-refractivity contribution in [3.63, 3.8) is 0 Å². The molecule has 0 heterocycles. The van der Waals surface area contributed by atoms with E-state index in [1.807, 2.05) is 0 Å². The van der Waals surface area contributed by atoms with Crippen molar-refractivity contribution in [1.82, 2.24) is 5.32 Å². The summed E-state index contributed by atoms with van der Waals surface area (Å²) in [6.07, 6.45) is 8.46. The molecule has 154 valence electrons. The highest BCUT2D eigenvalue weighted by molar-refractivity contribution is 5.73. The second-order valence-electron chi connectivity index (χ2n) is 8.76. The number of rotatable bonds is 7. The normalized spacial score (nSPS) is 17.7. The van der Waals surface area contributed by atoms with Crippen LogP contribution in [0, 0.1) is 5.41 Å². The highest BCUT2D eigenvalue weighted by Crippen LogP contribution is 2.35. The third-order valence-corrected chi connectivity index (χ3v) is 5.56. The molecule has 3 nitrogen and oxygen atoms in total. The van der Waals surface area contributed by atoms with Crippen molar-refractivity contribution < 1.29 is 9.53 Å². The number of aryl methyl sites for hydroxylation is 1. The fourth-order valence-electron chi connectivity index (χ4n) is 3.94. The number of hydrogen-bond acceptors (Lipinski definition) is 2. The lowest BCUT2D eigenvalue weighted by Crippen LogP contribution is -2.26. The molecule has 0 saturated heterocycles. The van der Waals surface area contributed by atoms with Gasteiger partial charge in [-0.1, -0.05) is 57.2 Å². The summed E-state index contributed by atoms with van der Waals surface area (Å²) < 4.78 is 6.35. The molecule has 2 aromatic carbocycles. The highest BCUT2D eigenvalue weighted by atomic mass is 16.5. The van der Waals surface area contributed by atoms with Gasteiger partial charge in [-0.3, -0.25) is 4.79 Å². The van der Waals surface area contributed by atoms with Gasteiger partial charge in [0.05, 0.1) is 0 Å². The van der Waals surface area contributed by atoms with Gasteiger partial charge >= 0.3 is 0 Å². The van der Waals surface area contributed by atoms with Crippen molar-refractivity contribution in [2.24, 2.45) is 5.41 Å². The van der Waals surface area contributed by atoms with E-state index in [1.54, 1.807) is 6.92 Å². The minimum atomic E-state index is 0.00573. The first-order valence-electron chi connectivity index (χ1n) is 10.7. The van der Waals surface area contributed by atoms with Gasteiger partial charge in [0, 0.05) is 13.5 Å². The fourth-order valence-corrected chi connectivity index (χ4v) is 3.94. The Kier molecular flexibility index (Phi) is 6.79. The van der Waals surface area contributed by atoms with Crippen molar-refractivity contribution in [3.8, 4) is 16.9 Å². The van der Waals surface area contributed by atoms with Crippen molar-refractivity contribution in [2.45, 2.75) is 59.5 Å². The molecule has 2 aromatic rings. The summed E-state index contributed by atoms with van der Waals surface area (Å²) in [5, 5.41) is 2.91. The highest BCUT2D eigenvalue weighted by Gasteiger charge is 2.25. The predicted octanol–water partition coefficient (Wildman–Crippen LogP) is 5.72. The lowest BCUT2D eigenvalue weighted by atomic mass is 9.80. The number of hydrogen-bond donors (Lipinski definition) is 1. The number of nitrogens with one attached hydrogen (secondary N) is 1. The molecule has 0 spiro atoms. The predicted molar refractivity (Wildman–Crippen MR) is 120 cm³/mol. The van der Waals surface area contributed by atoms with E-state index in [0.29, 0.717) is 6.54 Å². The third-order valence-electron chi connectivity index (χ3n) is 5.56. The van der Waals surface area contributed by atoms with Crippen LogP contribution in [0.2, 0.25) is 0 Å². The summed E-state index contributed by atoms with van der Waals surface area (Å²) in [6.45, 7) is 8.95. The molecule has 0 bridgehead atoms. The van der Waals surface area contributed by atoms with Crippen LogP contribution in [0.3, 0.4) is 0 Å². The number of amides is 1. The maximum absolute atomic E-state index is 11.3. The van der Waals surface area contributed by atoms with Gasteiger partial charge in [0.15, 0.2) is 0 Å². The first-order valence-corrected chi connectivity index (χ1v) is 10.7. The van der Waals surface area contributed by atoms with Crippen molar-refractivity contribution in [3.05, 3.63) is 65.7 Å². The summed E-state index contributed by atoms with van der Waals surface area (Å²) in [5.41, 5.74) is 5.20. The molecule has 0 saturated carbocycles. The van der Waals surface area contributed by atoms with Gasteiger partial charge in [0.1, 0.15) is 11.9 Å². The van der Waals surface area contributed by atoms with Crippen LogP contribution in [0.25, 0.3) is 11.1 Å². The lowest BCUT2D eigenvalue weighted by molar-refractivity contribution is -0.118. The van der Waals surface area contributed by atoms with Crippen LogP contribution in [-0.2, 0) is 17.6 Å². The lowest BCUT2D eigenvalue weighted by Gasteiger charge is -2.31. The van der Waals surface area contributed by atoms with Crippen LogP contribution in [0.5, 0.6) is 5.75 Å². The molecule has 29 heavy (non-hydrogen) atoms. The Labute approximate surface area is 175 Å². The standard InChI is InChI=1S/C26H33NO2/c1-5-20-8-6-9-22(16-20)25-17-23(12-11-21(25)13-15-27-19(2)28)29-24-10-7-14-26(3,4)18-24/h6-12,16-17,24H,5,13-15,18H2,1-4H3,(H,27,28). The second-order valence-corrected chi connectivity index (χ2v) is 8.76. The van der Waals surface area contributed by atoms with Crippen LogP contribution in [0.1, 0.15) is 51.7 Å². The Hall–Kier alpha value is -2.55. The molecule has 0 radical (unpaired) electrons. The zero-order valence-corrected chi connectivity index (χ0v) is 18.1. The quantitative estimate of drug-likeness (QED) is 0.613. The molecule has 0 aliphatic heterocycles. The van der Waals surface area contributed by atoms with Gasteiger partial charge in [-0.05, 0) is 71.6 Å². The molecule has 3 heteroatoms. The third kappa shape index (κ3) is 5.96. The molecular formula is C26H33NO2. The van der Waals surface area contributed by atoms with Crippen molar-refractivity contribution in [1.29, 1.82) is 0 Å². The Morgan fingerprint density at radius 2 is 2.03 bits per heavy atom.